The van der Waals surface area contributed by atoms with Crippen LogP contribution in [0.4, 0.5) is 5.69 Å². The maximum atomic E-state index is 8.93. The van der Waals surface area contributed by atoms with Crippen LogP contribution in [-0.2, 0) is 6.42 Å². The van der Waals surface area contributed by atoms with E-state index in [1.807, 2.05) is 14.1 Å². The van der Waals surface area contributed by atoms with Gasteiger partial charge in [-0.25, -0.2) is 0 Å². The molecule has 1 rings (SSSR count). The number of benzene rings is 1. The number of hydrogen-bond acceptors (Lipinski definition) is 2. The molecule has 0 aliphatic rings. The summed E-state index contributed by atoms with van der Waals surface area (Å²) in [5, 5.41) is 8.93. The van der Waals surface area contributed by atoms with Crippen molar-refractivity contribution in [1.29, 1.82) is 0 Å². The van der Waals surface area contributed by atoms with Crippen LogP contribution in [0.2, 0.25) is 0 Å². The summed E-state index contributed by atoms with van der Waals surface area (Å²) in [6.07, 6.45) is 0.949. The Morgan fingerprint density at radius 2 is 1.79 bits per heavy atom. The molecule has 2 heteroatoms. The van der Waals surface area contributed by atoms with Crippen molar-refractivity contribution in [2.75, 3.05) is 25.6 Å². The lowest BCUT2D eigenvalue weighted by molar-refractivity contribution is 0.237. The molecule has 78 valence electrons. The third-order valence-electron chi connectivity index (χ3n) is 2.35. The molecule has 1 aromatic carbocycles. The molecule has 1 unspecified atom stereocenters. The highest BCUT2D eigenvalue weighted by atomic mass is 16.3. The van der Waals surface area contributed by atoms with Crippen molar-refractivity contribution in [3.63, 3.8) is 0 Å². The second-order valence-electron chi connectivity index (χ2n) is 4.05. The van der Waals surface area contributed by atoms with Crippen LogP contribution in [0.25, 0.3) is 0 Å². The average Bonchev–Trinajstić information content (AvgIpc) is 2.18. The zero-order valence-electron chi connectivity index (χ0n) is 9.20. The Bertz CT molecular complexity index is 266. The third-order valence-corrected chi connectivity index (χ3v) is 2.35. The van der Waals surface area contributed by atoms with E-state index < -0.39 is 0 Å². The van der Waals surface area contributed by atoms with Crippen LogP contribution in [0.1, 0.15) is 12.5 Å². The summed E-state index contributed by atoms with van der Waals surface area (Å²) < 4.78 is 0. The van der Waals surface area contributed by atoms with E-state index in [0.717, 1.165) is 6.42 Å². The molecule has 0 saturated carbocycles. The van der Waals surface area contributed by atoms with Gasteiger partial charge in [0.1, 0.15) is 0 Å². The second kappa shape index (κ2) is 5.01. The van der Waals surface area contributed by atoms with E-state index in [2.05, 4.69) is 36.1 Å². The molecule has 0 spiro atoms. The number of rotatable bonds is 4. The Labute approximate surface area is 86.2 Å². The number of aliphatic hydroxyl groups excluding tert-OH is 1. The summed E-state index contributed by atoms with van der Waals surface area (Å²) in [6.45, 7) is 2.31. The Balaban J connectivity index is 2.64. The minimum atomic E-state index is 0.259. The third kappa shape index (κ3) is 3.04. The van der Waals surface area contributed by atoms with Gasteiger partial charge in [-0.05, 0) is 30.0 Å². The van der Waals surface area contributed by atoms with Gasteiger partial charge in [-0.2, -0.15) is 0 Å². The standard InChI is InChI=1S/C12H19NO/c1-10(9-14)8-11-4-6-12(7-5-11)13(2)3/h4-7,10,14H,8-9H2,1-3H3. The van der Waals surface area contributed by atoms with Crippen LogP contribution in [0.15, 0.2) is 24.3 Å². The van der Waals surface area contributed by atoms with E-state index in [4.69, 9.17) is 5.11 Å². The van der Waals surface area contributed by atoms with Crippen LogP contribution in [0.3, 0.4) is 0 Å². The maximum absolute atomic E-state index is 8.93. The van der Waals surface area contributed by atoms with Crippen molar-refractivity contribution >= 4 is 5.69 Å². The Morgan fingerprint density at radius 1 is 1.21 bits per heavy atom. The molecule has 2 nitrogen and oxygen atoms in total. The quantitative estimate of drug-likeness (QED) is 0.789. The highest BCUT2D eigenvalue weighted by Gasteiger charge is 2.02. The molecule has 0 fully saturated rings. The fourth-order valence-electron chi connectivity index (χ4n) is 1.40. The Morgan fingerprint density at radius 3 is 2.21 bits per heavy atom. The Kier molecular flexibility index (Phi) is 3.96. The molecule has 1 atom stereocenters. The second-order valence-corrected chi connectivity index (χ2v) is 4.05. The topological polar surface area (TPSA) is 23.5 Å². The lowest BCUT2D eigenvalue weighted by atomic mass is 10.0. The smallest absolute Gasteiger partial charge is 0.0459 e. The molecule has 1 N–H and O–H groups in total. The minimum absolute atomic E-state index is 0.259. The van der Waals surface area contributed by atoms with Crippen LogP contribution in [-0.4, -0.2) is 25.8 Å². The fourth-order valence-corrected chi connectivity index (χ4v) is 1.40. The average molecular weight is 193 g/mol. The number of aliphatic hydroxyl groups is 1. The van der Waals surface area contributed by atoms with Crippen molar-refractivity contribution in [2.45, 2.75) is 13.3 Å². The molecule has 0 amide bonds. The first-order chi connectivity index (χ1) is 6.63. The van der Waals surface area contributed by atoms with Gasteiger partial charge >= 0.3 is 0 Å². The van der Waals surface area contributed by atoms with Crippen LogP contribution < -0.4 is 4.90 Å². The summed E-state index contributed by atoms with van der Waals surface area (Å²) >= 11 is 0. The molecule has 1 aromatic rings. The lowest BCUT2D eigenvalue weighted by Gasteiger charge is -2.13. The minimum Gasteiger partial charge on any atom is -0.396 e. The van der Waals surface area contributed by atoms with Gasteiger partial charge in [-0.15, -0.1) is 0 Å². The molecule has 0 aliphatic carbocycles. The summed E-state index contributed by atoms with van der Waals surface area (Å²) in [5.74, 6) is 0.347. The molecule has 0 aliphatic heterocycles. The first-order valence-electron chi connectivity index (χ1n) is 5.00. The van der Waals surface area contributed by atoms with E-state index in [-0.39, 0.29) is 6.61 Å². The SMILES string of the molecule is CC(CO)Cc1ccc(N(C)C)cc1. The maximum Gasteiger partial charge on any atom is 0.0459 e. The highest BCUT2D eigenvalue weighted by molar-refractivity contribution is 5.46. The van der Waals surface area contributed by atoms with Crippen LogP contribution in [0, 0.1) is 5.92 Å². The lowest BCUT2D eigenvalue weighted by Crippen LogP contribution is -2.09. The van der Waals surface area contributed by atoms with Gasteiger partial charge in [-0.3, -0.25) is 0 Å². The molecule has 0 radical (unpaired) electrons. The van der Waals surface area contributed by atoms with E-state index in [1.54, 1.807) is 0 Å². The number of anilines is 1. The van der Waals surface area contributed by atoms with Gasteiger partial charge < -0.3 is 10.0 Å². The largest absolute Gasteiger partial charge is 0.396 e. The van der Waals surface area contributed by atoms with Crippen molar-refractivity contribution in [3.8, 4) is 0 Å². The van der Waals surface area contributed by atoms with E-state index in [9.17, 15) is 0 Å². The van der Waals surface area contributed by atoms with E-state index >= 15 is 0 Å². The summed E-state index contributed by atoms with van der Waals surface area (Å²) in [7, 11) is 4.07. The fraction of sp³-hybridized carbons (Fsp3) is 0.500. The predicted molar refractivity (Wildman–Crippen MR) is 60.7 cm³/mol. The highest BCUT2D eigenvalue weighted by Crippen LogP contribution is 2.14. The molecular formula is C12H19NO. The van der Waals surface area contributed by atoms with Gasteiger partial charge in [0.15, 0.2) is 0 Å². The van der Waals surface area contributed by atoms with Crippen LogP contribution >= 0.6 is 0 Å². The molecule has 0 aromatic heterocycles. The number of nitrogens with zero attached hydrogens (tertiary/aromatic N) is 1. The van der Waals surface area contributed by atoms with Crippen LogP contribution in [0.5, 0.6) is 0 Å². The molecule has 14 heavy (non-hydrogen) atoms. The van der Waals surface area contributed by atoms with Crippen molar-refractivity contribution in [2.24, 2.45) is 5.92 Å². The van der Waals surface area contributed by atoms with E-state index in [0.29, 0.717) is 5.92 Å². The first kappa shape index (κ1) is 11.1. The van der Waals surface area contributed by atoms with Crippen molar-refractivity contribution < 1.29 is 5.11 Å². The zero-order chi connectivity index (χ0) is 10.6. The van der Waals surface area contributed by atoms with Gasteiger partial charge in [-0.1, -0.05) is 19.1 Å². The van der Waals surface area contributed by atoms with Crippen molar-refractivity contribution in [3.05, 3.63) is 29.8 Å². The summed E-state index contributed by atoms with van der Waals surface area (Å²) in [6, 6.07) is 8.47. The molecule has 0 heterocycles. The van der Waals surface area contributed by atoms with Gasteiger partial charge in [0, 0.05) is 26.4 Å². The van der Waals surface area contributed by atoms with Gasteiger partial charge in [0.25, 0.3) is 0 Å². The van der Waals surface area contributed by atoms with E-state index in [1.165, 1.54) is 11.3 Å². The molecular weight excluding hydrogens is 174 g/mol. The van der Waals surface area contributed by atoms with Gasteiger partial charge in [0.2, 0.25) is 0 Å². The Hall–Kier alpha value is -1.02. The molecule has 0 saturated heterocycles. The normalized spacial score (nSPS) is 12.6. The number of hydrogen-bond donors (Lipinski definition) is 1. The van der Waals surface area contributed by atoms with Crippen molar-refractivity contribution in [1.82, 2.24) is 0 Å². The van der Waals surface area contributed by atoms with Gasteiger partial charge in [0.05, 0.1) is 0 Å². The monoisotopic (exact) mass is 193 g/mol. The summed E-state index contributed by atoms with van der Waals surface area (Å²) in [4.78, 5) is 2.08. The molecule has 0 bridgehead atoms. The first-order valence-corrected chi connectivity index (χ1v) is 5.00. The summed E-state index contributed by atoms with van der Waals surface area (Å²) in [5.41, 5.74) is 2.50. The zero-order valence-corrected chi connectivity index (χ0v) is 9.20. The predicted octanol–water partition coefficient (Wildman–Crippen LogP) is 1.92.